The maximum absolute atomic E-state index is 13.4. The second-order valence-electron chi connectivity index (χ2n) is 8.80. The van der Waals surface area contributed by atoms with Crippen LogP contribution >= 0.6 is 0 Å². The van der Waals surface area contributed by atoms with Gasteiger partial charge in [0.2, 0.25) is 5.91 Å². The maximum Gasteiger partial charge on any atom is 0.257 e. The molecule has 0 saturated carbocycles. The number of benzene rings is 2. The summed E-state index contributed by atoms with van der Waals surface area (Å²) in [6.45, 7) is 6.54. The number of hydrogen-bond donors (Lipinski definition) is 1. The molecule has 0 spiro atoms. The molecule has 8 nitrogen and oxygen atoms in total. The van der Waals surface area contributed by atoms with Crippen molar-refractivity contribution in [2.75, 3.05) is 39.2 Å². The van der Waals surface area contributed by atoms with Gasteiger partial charge in [0, 0.05) is 51.3 Å². The van der Waals surface area contributed by atoms with E-state index in [0.29, 0.717) is 35.7 Å². The van der Waals surface area contributed by atoms with Crippen molar-refractivity contribution >= 4 is 23.4 Å². The average molecular weight is 468 g/mol. The van der Waals surface area contributed by atoms with Crippen LogP contribution in [-0.4, -0.2) is 73.5 Å². The fourth-order valence-corrected chi connectivity index (χ4v) is 4.09. The highest BCUT2D eigenvalue weighted by atomic mass is 16.5. The fourth-order valence-electron chi connectivity index (χ4n) is 4.09. The first-order valence-electron chi connectivity index (χ1n) is 11.4. The third-order valence-corrected chi connectivity index (χ3v) is 6.14. The van der Waals surface area contributed by atoms with E-state index >= 15 is 0 Å². The van der Waals surface area contributed by atoms with Gasteiger partial charge in [0.05, 0.1) is 17.7 Å². The van der Waals surface area contributed by atoms with Gasteiger partial charge >= 0.3 is 0 Å². The molecule has 0 saturated heterocycles. The molecule has 0 unspecified atom stereocenters. The van der Waals surface area contributed by atoms with Gasteiger partial charge in [-0.05, 0) is 37.3 Å². The zero-order valence-corrected chi connectivity index (χ0v) is 20.4. The number of methoxy groups -OCH3 is 1. The second-order valence-corrected chi connectivity index (χ2v) is 8.80. The van der Waals surface area contributed by atoms with E-state index in [-0.39, 0.29) is 42.4 Å². The minimum atomic E-state index is -0.269. The predicted molar refractivity (Wildman–Crippen MR) is 130 cm³/mol. The first-order valence-corrected chi connectivity index (χ1v) is 11.4. The highest BCUT2D eigenvalue weighted by Crippen LogP contribution is 2.26. The van der Waals surface area contributed by atoms with Crippen molar-refractivity contribution in [3.63, 3.8) is 0 Å². The van der Waals surface area contributed by atoms with Crippen LogP contribution < -0.4 is 10.1 Å². The van der Waals surface area contributed by atoms with Crippen LogP contribution in [-0.2, 0) is 9.53 Å². The third-order valence-electron chi connectivity index (χ3n) is 6.14. The normalized spacial score (nSPS) is 21.6. The van der Waals surface area contributed by atoms with Gasteiger partial charge < -0.3 is 24.6 Å². The molecule has 0 fully saturated rings. The van der Waals surface area contributed by atoms with Crippen molar-refractivity contribution in [2.24, 2.45) is 5.92 Å². The van der Waals surface area contributed by atoms with E-state index in [1.165, 1.54) is 0 Å². The lowest BCUT2D eigenvalue weighted by Crippen LogP contribution is -2.48. The van der Waals surface area contributed by atoms with E-state index in [1.54, 1.807) is 73.3 Å². The van der Waals surface area contributed by atoms with Crippen LogP contribution in [0.2, 0.25) is 0 Å². The highest BCUT2D eigenvalue weighted by molar-refractivity contribution is 6.05. The Kier molecular flexibility index (Phi) is 8.28. The lowest BCUT2D eigenvalue weighted by Gasteiger charge is -2.35. The maximum atomic E-state index is 13.4. The van der Waals surface area contributed by atoms with Gasteiger partial charge in [-0.3, -0.25) is 14.4 Å². The standard InChI is InChI=1S/C26H33N3O5/c1-17-14-29(19(3)30)18(2)16-34-23-12-11-21(27-25(31)20-9-7-6-8-10-20)13-22(23)26(32)28(4)15-24(17)33-5/h6-13,17-18,24H,14-16H2,1-5H3,(H,27,31)/t17-,18+,24-/m1/s1. The van der Waals surface area contributed by atoms with E-state index < -0.39 is 0 Å². The zero-order valence-electron chi connectivity index (χ0n) is 20.4. The number of carbonyl (C=O) groups excluding carboxylic acids is 3. The predicted octanol–water partition coefficient (Wildman–Crippen LogP) is 3.29. The molecule has 1 heterocycles. The molecule has 34 heavy (non-hydrogen) atoms. The number of carbonyl (C=O) groups is 3. The quantitative estimate of drug-likeness (QED) is 0.748. The summed E-state index contributed by atoms with van der Waals surface area (Å²) in [5.41, 5.74) is 1.34. The molecule has 3 amide bonds. The van der Waals surface area contributed by atoms with Gasteiger partial charge in [0.1, 0.15) is 12.4 Å². The fraction of sp³-hybridized carbons (Fsp3) is 0.423. The van der Waals surface area contributed by atoms with E-state index in [9.17, 15) is 14.4 Å². The Morgan fingerprint density at radius 3 is 2.44 bits per heavy atom. The van der Waals surface area contributed by atoms with Crippen LogP contribution in [0.1, 0.15) is 41.5 Å². The summed E-state index contributed by atoms with van der Waals surface area (Å²) in [6, 6.07) is 13.7. The molecule has 0 aromatic heterocycles. The number of nitrogens with one attached hydrogen (secondary N) is 1. The van der Waals surface area contributed by atoms with Crippen molar-refractivity contribution in [3.8, 4) is 5.75 Å². The van der Waals surface area contributed by atoms with E-state index in [0.717, 1.165) is 0 Å². The van der Waals surface area contributed by atoms with Gasteiger partial charge in [-0.1, -0.05) is 25.1 Å². The lowest BCUT2D eigenvalue weighted by molar-refractivity contribution is -0.133. The molecule has 3 rings (SSSR count). The minimum absolute atomic E-state index is 0.00184. The molecule has 3 atom stereocenters. The molecular formula is C26H33N3O5. The van der Waals surface area contributed by atoms with Crippen molar-refractivity contribution in [3.05, 3.63) is 59.7 Å². The number of likely N-dealkylation sites (N-methyl/N-ethyl adjacent to an activating group) is 1. The molecule has 182 valence electrons. The van der Waals surface area contributed by atoms with Crippen LogP contribution in [0.15, 0.2) is 48.5 Å². The highest BCUT2D eigenvalue weighted by Gasteiger charge is 2.29. The van der Waals surface area contributed by atoms with Crippen molar-refractivity contribution in [1.29, 1.82) is 0 Å². The zero-order chi connectivity index (χ0) is 24.8. The van der Waals surface area contributed by atoms with Crippen molar-refractivity contribution < 1.29 is 23.9 Å². The second kappa shape index (κ2) is 11.2. The van der Waals surface area contributed by atoms with Crippen molar-refractivity contribution in [2.45, 2.75) is 32.9 Å². The number of nitrogens with zero attached hydrogens (tertiary/aromatic N) is 2. The Hall–Kier alpha value is -3.39. The molecule has 2 aromatic rings. The Bertz CT molecular complexity index is 1030. The number of hydrogen-bond acceptors (Lipinski definition) is 5. The number of amides is 3. The monoisotopic (exact) mass is 467 g/mol. The van der Waals surface area contributed by atoms with Crippen LogP contribution in [0.25, 0.3) is 0 Å². The van der Waals surface area contributed by atoms with Crippen molar-refractivity contribution in [1.82, 2.24) is 9.80 Å². The largest absolute Gasteiger partial charge is 0.491 e. The van der Waals surface area contributed by atoms with Gasteiger partial charge in [-0.15, -0.1) is 0 Å². The molecule has 8 heteroatoms. The summed E-state index contributed by atoms with van der Waals surface area (Å²) in [4.78, 5) is 41.7. The van der Waals surface area contributed by atoms with Gasteiger partial charge in [0.15, 0.2) is 0 Å². The summed E-state index contributed by atoms with van der Waals surface area (Å²) < 4.78 is 11.7. The Balaban J connectivity index is 1.94. The molecule has 0 radical (unpaired) electrons. The van der Waals surface area contributed by atoms with E-state index in [1.807, 2.05) is 19.9 Å². The summed E-state index contributed by atoms with van der Waals surface area (Å²) in [5.74, 6) is -0.154. The van der Waals surface area contributed by atoms with E-state index in [2.05, 4.69) is 5.32 Å². The van der Waals surface area contributed by atoms with Crippen LogP contribution in [0.4, 0.5) is 5.69 Å². The number of fused-ring (bicyclic) bond motifs is 1. The van der Waals surface area contributed by atoms with Gasteiger partial charge in [-0.25, -0.2) is 0 Å². The van der Waals surface area contributed by atoms with Crippen LogP contribution in [0, 0.1) is 5.92 Å². The summed E-state index contributed by atoms with van der Waals surface area (Å²) in [5, 5.41) is 2.85. The Morgan fingerprint density at radius 2 is 1.79 bits per heavy atom. The molecule has 0 aliphatic carbocycles. The molecule has 1 aliphatic rings. The molecule has 0 bridgehead atoms. The number of rotatable bonds is 3. The van der Waals surface area contributed by atoms with E-state index in [4.69, 9.17) is 9.47 Å². The first-order chi connectivity index (χ1) is 16.2. The SMILES string of the molecule is CO[C@@H]1CN(C)C(=O)c2cc(NC(=O)c3ccccc3)ccc2OC[C@H](C)N(C(C)=O)C[C@H]1C. The third kappa shape index (κ3) is 5.94. The number of anilines is 1. The summed E-state index contributed by atoms with van der Waals surface area (Å²) in [7, 11) is 3.32. The first kappa shape index (κ1) is 25.2. The number of ether oxygens (including phenoxy) is 2. The smallest absolute Gasteiger partial charge is 0.257 e. The lowest BCUT2D eigenvalue weighted by atomic mass is 10.0. The topological polar surface area (TPSA) is 88.2 Å². The van der Waals surface area contributed by atoms with Crippen LogP contribution in [0.5, 0.6) is 5.75 Å². The molecule has 1 N–H and O–H groups in total. The Labute approximate surface area is 200 Å². The molecule has 1 aliphatic heterocycles. The molecule has 2 aromatic carbocycles. The Morgan fingerprint density at radius 1 is 1.09 bits per heavy atom. The average Bonchev–Trinajstić information content (AvgIpc) is 2.83. The van der Waals surface area contributed by atoms with Gasteiger partial charge in [0.25, 0.3) is 11.8 Å². The summed E-state index contributed by atoms with van der Waals surface area (Å²) >= 11 is 0. The van der Waals surface area contributed by atoms with Gasteiger partial charge in [-0.2, -0.15) is 0 Å². The van der Waals surface area contributed by atoms with Crippen LogP contribution in [0.3, 0.4) is 0 Å². The molecular weight excluding hydrogens is 434 g/mol. The minimum Gasteiger partial charge on any atom is -0.491 e. The summed E-state index contributed by atoms with van der Waals surface area (Å²) in [6.07, 6.45) is -0.257.